The molecule has 0 aromatic carbocycles. The van der Waals surface area contributed by atoms with Gasteiger partial charge in [0.15, 0.2) is 0 Å². The van der Waals surface area contributed by atoms with Crippen LogP contribution < -0.4 is 16.8 Å². The number of nitrogens with one attached hydrogen (secondary N) is 1. The number of carbonyl (C=O) groups excluding carboxylic acids is 4. The lowest BCUT2D eigenvalue weighted by Crippen LogP contribution is -2.57. The Morgan fingerprint density at radius 1 is 1.06 bits per heavy atom. The van der Waals surface area contributed by atoms with E-state index in [1.165, 1.54) is 6.42 Å². The second-order valence-corrected chi connectivity index (χ2v) is 13.0. The molecule has 8 nitrogen and oxygen atoms in total. The molecule has 4 aliphatic rings. The van der Waals surface area contributed by atoms with Crippen molar-refractivity contribution in [2.75, 3.05) is 6.54 Å². The van der Waals surface area contributed by atoms with Gasteiger partial charge in [0.1, 0.15) is 6.04 Å². The average molecular weight is 475 g/mol. The first-order chi connectivity index (χ1) is 15.7. The zero-order valence-corrected chi connectivity index (χ0v) is 21.4. The average Bonchev–Trinajstić information content (AvgIpc) is 2.94. The minimum atomic E-state index is -1.04. The molecule has 3 aliphatic carbocycles. The van der Waals surface area contributed by atoms with Crippen molar-refractivity contribution in [1.82, 2.24) is 10.2 Å². The highest BCUT2D eigenvalue weighted by Gasteiger charge is 2.85. The van der Waals surface area contributed by atoms with Gasteiger partial charge in [0.05, 0.1) is 12.1 Å². The Bertz CT molecular complexity index is 899. The van der Waals surface area contributed by atoms with Crippen molar-refractivity contribution < 1.29 is 19.2 Å². The minimum Gasteiger partial charge on any atom is -0.363 e. The first kappa shape index (κ1) is 25.1. The van der Waals surface area contributed by atoms with Crippen LogP contribution in [0.25, 0.3) is 0 Å². The van der Waals surface area contributed by atoms with E-state index in [9.17, 15) is 19.2 Å². The van der Waals surface area contributed by atoms with Crippen molar-refractivity contribution in [1.29, 1.82) is 0 Å². The normalized spacial score (nSPS) is 30.9. The summed E-state index contributed by atoms with van der Waals surface area (Å²) in [4.78, 5) is 53.1. The lowest BCUT2D eigenvalue weighted by Gasteiger charge is -2.34. The van der Waals surface area contributed by atoms with E-state index < -0.39 is 35.2 Å². The Morgan fingerprint density at radius 2 is 1.68 bits per heavy atom. The predicted octanol–water partition coefficient (Wildman–Crippen LogP) is 1.89. The van der Waals surface area contributed by atoms with Crippen LogP contribution in [0.5, 0.6) is 0 Å². The number of primary amides is 1. The van der Waals surface area contributed by atoms with Gasteiger partial charge in [-0.15, -0.1) is 0 Å². The van der Waals surface area contributed by atoms with Gasteiger partial charge in [-0.1, -0.05) is 60.3 Å². The molecule has 3 saturated carbocycles. The maximum Gasteiger partial charge on any atom is 0.287 e. The van der Waals surface area contributed by atoms with Gasteiger partial charge in [0.2, 0.25) is 17.6 Å². The third-order valence-electron chi connectivity index (χ3n) is 10.3. The highest BCUT2D eigenvalue weighted by molar-refractivity contribution is 6.37. The fourth-order valence-electron chi connectivity index (χ4n) is 7.35. The zero-order chi connectivity index (χ0) is 25.3. The number of ketones is 1. The Hall–Kier alpha value is -1.96. The molecule has 0 radical (unpaired) electrons. The summed E-state index contributed by atoms with van der Waals surface area (Å²) in [5.74, 6) is -2.09. The first-order valence-corrected chi connectivity index (χ1v) is 12.9. The van der Waals surface area contributed by atoms with Crippen molar-refractivity contribution in [2.45, 2.75) is 104 Å². The number of carbonyl (C=O) groups is 4. The molecule has 8 heteroatoms. The second-order valence-electron chi connectivity index (χ2n) is 13.0. The Kier molecular flexibility index (Phi) is 5.94. The first-order valence-electron chi connectivity index (χ1n) is 12.9. The van der Waals surface area contributed by atoms with Gasteiger partial charge < -0.3 is 21.7 Å². The van der Waals surface area contributed by atoms with Crippen LogP contribution in [0.2, 0.25) is 0 Å². The van der Waals surface area contributed by atoms with Crippen LogP contribution in [0.4, 0.5) is 0 Å². The number of fused-ring (bicyclic) bond motifs is 1. The van der Waals surface area contributed by atoms with Crippen LogP contribution in [0.1, 0.15) is 86.0 Å². The molecule has 4 atom stereocenters. The maximum absolute atomic E-state index is 13.7. The molecule has 190 valence electrons. The SMILES string of the molecule is CC(C)(C)[C@@H](N)C(=O)N1C[C@]2(CC1C(=O)NC(CC1CCC1)C(=O)C(N)=O)C(C)(C)C21CCC1. The number of likely N-dealkylation sites (tertiary alicyclic amines) is 1. The van der Waals surface area contributed by atoms with E-state index in [1.807, 2.05) is 20.8 Å². The van der Waals surface area contributed by atoms with Crippen molar-refractivity contribution in [3.05, 3.63) is 0 Å². The van der Waals surface area contributed by atoms with Crippen molar-refractivity contribution in [2.24, 2.45) is 39.0 Å². The van der Waals surface area contributed by atoms with Crippen LogP contribution >= 0.6 is 0 Å². The Morgan fingerprint density at radius 3 is 2.09 bits per heavy atom. The summed E-state index contributed by atoms with van der Waals surface area (Å²) >= 11 is 0. The highest BCUT2D eigenvalue weighted by Crippen LogP contribution is 2.88. The summed E-state index contributed by atoms with van der Waals surface area (Å²) in [6.07, 6.45) is 7.43. The standard InChI is InChI=1S/C26H42N4O4/c1-23(2,3)19(27)22(34)30-14-26(24(4,5)25(26)10-7-11-25)13-17(30)21(33)29-16(18(31)20(28)32)12-15-8-6-9-15/h15-17,19H,6-14,27H2,1-5H3,(H2,28,32)(H,29,33)/t16?,17?,19-,26+/m0/s1. The Labute approximate surface area is 202 Å². The van der Waals surface area contributed by atoms with E-state index in [0.29, 0.717) is 25.3 Å². The predicted molar refractivity (Wildman–Crippen MR) is 128 cm³/mol. The molecule has 1 aliphatic heterocycles. The number of nitrogens with two attached hydrogens (primary N) is 2. The minimum absolute atomic E-state index is 0.0337. The second kappa shape index (κ2) is 8.04. The lowest BCUT2D eigenvalue weighted by atomic mass is 9.73. The monoisotopic (exact) mass is 474 g/mol. The zero-order valence-electron chi connectivity index (χ0n) is 21.4. The van der Waals surface area contributed by atoms with Crippen LogP contribution in [-0.4, -0.2) is 53.1 Å². The van der Waals surface area contributed by atoms with Crippen LogP contribution in [0.3, 0.4) is 0 Å². The fourth-order valence-corrected chi connectivity index (χ4v) is 7.35. The number of nitrogens with zero attached hydrogens (tertiary/aromatic N) is 1. The van der Waals surface area contributed by atoms with E-state index in [1.54, 1.807) is 4.90 Å². The number of Topliss-reactive ketones (excluding diaryl/α,β-unsaturated/α-hetero) is 1. The van der Waals surface area contributed by atoms with E-state index >= 15 is 0 Å². The molecule has 4 fully saturated rings. The number of hydrogen-bond acceptors (Lipinski definition) is 5. The molecule has 5 N–H and O–H groups in total. The van der Waals surface area contributed by atoms with Gasteiger partial charge in [-0.3, -0.25) is 19.2 Å². The highest BCUT2D eigenvalue weighted by atomic mass is 16.2. The summed E-state index contributed by atoms with van der Waals surface area (Å²) < 4.78 is 0. The lowest BCUT2D eigenvalue weighted by molar-refractivity contribution is -0.143. The Balaban J connectivity index is 1.60. The molecule has 1 heterocycles. The largest absolute Gasteiger partial charge is 0.363 e. The molecule has 0 aromatic heterocycles. The number of amides is 3. The summed E-state index contributed by atoms with van der Waals surface area (Å²) in [6.45, 7) is 10.8. The molecule has 2 unspecified atom stereocenters. The number of hydrogen-bond donors (Lipinski definition) is 3. The van der Waals surface area contributed by atoms with Crippen LogP contribution in [0, 0.1) is 27.6 Å². The molecular weight excluding hydrogens is 432 g/mol. The third kappa shape index (κ3) is 3.50. The molecule has 4 rings (SSSR count). The summed E-state index contributed by atoms with van der Waals surface area (Å²) in [7, 11) is 0. The summed E-state index contributed by atoms with van der Waals surface area (Å²) in [5, 5.41) is 2.83. The topological polar surface area (TPSA) is 136 Å². The van der Waals surface area contributed by atoms with Gasteiger partial charge in [-0.05, 0) is 47.8 Å². The smallest absolute Gasteiger partial charge is 0.287 e. The van der Waals surface area contributed by atoms with Gasteiger partial charge >= 0.3 is 0 Å². The van der Waals surface area contributed by atoms with E-state index in [2.05, 4.69) is 19.2 Å². The van der Waals surface area contributed by atoms with E-state index in [0.717, 1.165) is 32.1 Å². The van der Waals surface area contributed by atoms with Crippen molar-refractivity contribution in [3.8, 4) is 0 Å². The van der Waals surface area contributed by atoms with Crippen molar-refractivity contribution >= 4 is 23.5 Å². The van der Waals surface area contributed by atoms with Gasteiger partial charge in [0, 0.05) is 12.0 Å². The summed E-state index contributed by atoms with van der Waals surface area (Å²) in [5.41, 5.74) is 11.3. The summed E-state index contributed by atoms with van der Waals surface area (Å²) in [6, 6.07) is -2.38. The van der Waals surface area contributed by atoms with Gasteiger partial charge in [0.25, 0.3) is 5.91 Å². The molecule has 0 aromatic rings. The molecule has 1 saturated heterocycles. The fraction of sp³-hybridized carbons (Fsp3) is 0.846. The van der Waals surface area contributed by atoms with Crippen LogP contribution in [-0.2, 0) is 19.2 Å². The molecule has 3 amide bonds. The maximum atomic E-state index is 13.7. The number of rotatable bonds is 7. The van der Waals surface area contributed by atoms with Gasteiger partial charge in [-0.25, -0.2) is 0 Å². The van der Waals surface area contributed by atoms with Crippen LogP contribution in [0.15, 0.2) is 0 Å². The molecular formula is C26H42N4O4. The molecule has 2 spiro atoms. The van der Waals surface area contributed by atoms with Gasteiger partial charge in [-0.2, -0.15) is 0 Å². The van der Waals surface area contributed by atoms with E-state index in [4.69, 9.17) is 11.5 Å². The van der Waals surface area contributed by atoms with E-state index in [-0.39, 0.29) is 28.1 Å². The third-order valence-corrected chi connectivity index (χ3v) is 10.3. The molecule has 0 bridgehead atoms. The molecule has 34 heavy (non-hydrogen) atoms. The van der Waals surface area contributed by atoms with Crippen molar-refractivity contribution in [3.63, 3.8) is 0 Å². The quantitative estimate of drug-likeness (QED) is 0.484.